The van der Waals surface area contributed by atoms with Gasteiger partial charge in [0.2, 0.25) is 0 Å². The Labute approximate surface area is 103 Å². The number of aryl methyl sites for hydroxylation is 2. The van der Waals surface area contributed by atoms with Crippen LogP contribution in [-0.2, 0) is 12.3 Å². The van der Waals surface area contributed by atoms with Crippen LogP contribution in [0, 0.1) is 6.92 Å². The molecule has 0 saturated carbocycles. The fourth-order valence-electron chi connectivity index (χ4n) is 1.03. The van der Waals surface area contributed by atoms with Crippen molar-refractivity contribution < 1.29 is 8.78 Å². The van der Waals surface area contributed by atoms with Gasteiger partial charge in [-0.15, -0.1) is 0 Å². The summed E-state index contributed by atoms with van der Waals surface area (Å²) in [7, 11) is 0. The van der Waals surface area contributed by atoms with Crippen LogP contribution in [0.1, 0.15) is 58.6 Å². The lowest BCUT2D eigenvalue weighted by Gasteiger charge is -2.10. The van der Waals surface area contributed by atoms with Crippen LogP contribution in [0.5, 0.6) is 0 Å². The molecule has 1 aromatic rings. The largest absolute Gasteiger partial charge is 0.288 e. The molecule has 0 atom stereocenters. The molecule has 0 bridgehead atoms. The standard InChI is InChI=1S/C9H12F2N2.2C2H6/c1-4-7-6(2)12-5-8(13-7)9(3,10)11;2*1-2/h5H,4H2,1-3H3;2*1-2H3. The lowest BCUT2D eigenvalue weighted by molar-refractivity contribution is 0.0121. The van der Waals surface area contributed by atoms with Gasteiger partial charge in [-0.2, -0.15) is 8.78 Å². The molecule has 0 fully saturated rings. The molecule has 2 nitrogen and oxygen atoms in total. The summed E-state index contributed by atoms with van der Waals surface area (Å²) in [4.78, 5) is 7.72. The van der Waals surface area contributed by atoms with E-state index in [9.17, 15) is 8.78 Å². The molecule has 0 aliphatic heterocycles. The van der Waals surface area contributed by atoms with Crippen LogP contribution >= 0.6 is 0 Å². The number of rotatable bonds is 2. The van der Waals surface area contributed by atoms with Crippen LogP contribution in [0.15, 0.2) is 6.20 Å². The Bertz CT molecular complexity index is 307. The highest BCUT2D eigenvalue weighted by Gasteiger charge is 2.27. The van der Waals surface area contributed by atoms with Crippen LogP contribution in [-0.4, -0.2) is 9.97 Å². The fraction of sp³-hybridized carbons (Fsp3) is 0.692. The molecule has 100 valence electrons. The van der Waals surface area contributed by atoms with E-state index >= 15 is 0 Å². The Morgan fingerprint density at radius 3 is 2.00 bits per heavy atom. The van der Waals surface area contributed by atoms with Crippen molar-refractivity contribution in [3.8, 4) is 0 Å². The van der Waals surface area contributed by atoms with Gasteiger partial charge in [-0.25, -0.2) is 4.98 Å². The highest BCUT2D eigenvalue weighted by molar-refractivity contribution is 5.14. The summed E-state index contributed by atoms with van der Waals surface area (Å²) in [5.41, 5.74) is 1.10. The van der Waals surface area contributed by atoms with E-state index in [2.05, 4.69) is 9.97 Å². The van der Waals surface area contributed by atoms with Crippen LogP contribution in [0.2, 0.25) is 0 Å². The zero-order valence-electron chi connectivity index (χ0n) is 11.9. The summed E-state index contributed by atoms with van der Waals surface area (Å²) in [5.74, 6) is -2.90. The molecule has 0 aromatic carbocycles. The van der Waals surface area contributed by atoms with E-state index in [-0.39, 0.29) is 5.69 Å². The average molecular weight is 246 g/mol. The maximum Gasteiger partial charge on any atom is 0.288 e. The Balaban J connectivity index is 0. The number of hydrogen-bond acceptors (Lipinski definition) is 2. The van der Waals surface area contributed by atoms with E-state index in [1.807, 2.05) is 34.6 Å². The van der Waals surface area contributed by atoms with Gasteiger partial charge in [0.15, 0.2) is 0 Å². The molecule has 0 aliphatic carbocycles. The number of aromatic nitrogens is 2. The molecule has 0 aliphatic rings. The van der Waals surface area contributed by atoms with E-state index in [1.165, 1.54) is 0 Å². The van der Waals surface area contributed by atoms with Gasteiger partial charge < -0.3 is 0 Å². The first-order valence-electron chi connectivity index (χ1n) is 6.16. The van der Waals surface area contributed by atoms with E-state index in [0.29, 0.717) is 12.1 Å². The van der Waals surface area contributed by atoms with Crippen molar-refractivity contribution in [1.82, 2.24) is 9.97 Å². The minimum absolute atomic E-state index is 0.255. The van der Waals surface area contributed by atoms with Crippen molar-refractivity contribution in [1.29, 1.82) is 0 Å². The number of halogens is 2. The van der Waals surface area contributed by atoms with Gasteiger partial charge in [0.05, 0.1) is 17.6 Å². The molecule has 0 radical (unpaired) electrons. The molecule has 0 saturated heterocycles. The van der Waals surface area contributed by atoms with Crippen molar-refractivity contribution >= 4 is 0 Å². The topological polar surface area (TPSA) is 25.8 Å². The van der Waals surface area contributed by atoms with Crippen molar-refractivity contribution in [2.45, 2.75) is 60.8 Å². The van der Waals surface area contributed by atoms with E-state index in [1.54, 1.807) is 6.92 Å². The minimum Gasteiger partial charge on any atom is -0.258 e. The van der Waals surface area contributed by atoms with E-state index < -0.39 is 5.92 Å². The summed E-state index contributed by atoms with van der Waals surface area (Å²) in [6.07, 6.45) is 1.76. The zero-order valence-corrected chi connectivity index (χ0v) is 11.9. The smallest absolute Gasteiger partial charge is 0.258 e. The Morgan fingerprint density at radius 1 is 1.18 bits per heavy atom. The quantitative estimate of drug-likeness (QED) is 0.767. The molecular weight excluding hydrogens is 222 g/mol. The first-order valence-corrected chi connectivity index (χ1v) is 6.16. The van der Waals surface area contributed by atoms with E-state index in [4.69, 9.17) is 0 Å². The molecule has 1 aromatic heterocycles. The lowest BCUT2D eigenvalue weighted by Crippen LogP contribution is -2.12. The monoisotopic (exact) mass is 246 g/mol. The van der Waals surface area contributed by atoms with Crippen LogP contribution < -0.4 is 0 Å². The first-order chi connectivity index (χ1) is 7.95. The fourth-order valence-corrected chi connectivity index (χ4v) is 1.03. The van der Waals surface area contributed by atoms with Gasteiger partial charge in [-0.05, 0) is 13.3 Å². The Hall–Kier alpha value is -1.06. The van der Waals surface area contributed by atoms with E-state index in [0.717, 1.165) is 18.8 Å². The van der Waals surface area contributed by atoms with Gasteiger partial charge in [-0.3, -0.25) is 4.98 Å². The summed E-state index contributed by atoms with van der Waals surface area (Å²) in [5, 5.41) is 0. The van der Waals surface area contributed by atoms with Crippen LogP contribution in [0.3, 0.4) is 0 Å². The second-order valence-corrected chi connectivity index (χ2v) is 3.03. The molecule has 0 unspecified atom stereocenters. The van der Waals surface area contributed by atoms with Crippen molar-refractivity contribution in [3.05, 3.63) is 23.3 Å². The average Bonchev–Trinajstić information content (AvgIpc) is 2.33. The van der Waals surface area contributed by atoms with Gasteiger partial charge >= 0.3 is 0 Å². The van der Waals surface area contributed by atoms with Crippen LogP contribution in [0.4, 0.5) is 8.78 Å². The van der Waals surface area contributed by atoms with Gasteiger partial charge in [0, 0.05) is 6.92 Å². The second-order valence-electron chi connectivity index (χ2n) is 3.03. The van der Waals surface area contributed by atoms with Gasteiger partial charge in [0.25, 0.3) is 5.92 Å². The summed E-state index contributed by atoms with van der Waals surface area (Å²) < 4.78 is 25.6. The highest BCUT2D eigenvalue weighted by Crippen LogP contribution is 2.24. The zero-order chi connectivity index (χ0) is 14.1. The molecule has 0 spiro atoms. The first kappa shape index (κ1) is 18.3. The van der Waals surface area contributed by atoms with Crippen LogP contribution in [0.25, 0.3) is 0 Å². The number of nitrogens with zero attached hydrogens (tertiary/aromatic N) is 2. The normalized spacial score (nSPS) is 9.71. The van der Waals surface area contributed by atoms with Gasteiger partial charge in [-0.1, -0.05) is 34.6 Å². The molecule has 17 heavy (non-hydrogen) atoms. The molecule has 0 amide bonds. The van der Waals surface area contributed by atoms with Crippen molar-refractivity contribution in [3.63, 3.8) is 0 Å². The molecule has 4 heteroatoms. The molecule has 1 rings (SSSR count). The summed E-state index contributed by atoms with van der Waals surface area (Å²) >= 11 is 0. The molecular formula is C13H24F2N2. The van der Waals surface area contributed by atoms with Gasteiger partial charge in [0.1, 0.15) is 5.69 Å². The lowest BCUT2D eigenvalue weighted by atomic mass is 10.2. The molecule has 0 N–H and O–H groups in total. The maximum atomic E-state index is 12.8. The number of hydrogen-bond donors (Lipinski definition) is 0. The third-order valence-electron chi connectivity index (χ3n) is 1.84. The van der Waals surface area contributed by atoms with Crippen molar-refractivity contribution in [2.24, 2.45) is 0 Å². The second kappa shape index (κ2) is 9.02. The Kier molecular flexibility index (Phi) is 9.72. The minimum atomic E-state index is -2.90. The maximum absolute atomic E-state index is 12.8. The predicted molar refractivity (Wildman–Crippen MR) is 68.4 cm³/mol. The number of alkyl halides is 2. The summed E-state index contributed by atoms with van der Waals surface area (Å²) in [6.45, 7) is 12.5. The Morgan fingerprint density at radius 2 is 1.65 bits per heavy atom. The summed E-state index contributed by atoms with van der Waals surface area (Å²) in [6, 6.07) is 0. The predicted octanol–water partition coefficient (Wildman–Crippen LogP) is 4.51. The third-order valence-corrected chi connectivity index (χ3v) is 1.84. The highest BCUT2D eigenvalue weighted by atomic mass is 19.3. The molecule has 1 heterocycles. The SMILES string of the molecule is CC.CC.CCc1nc(C(C)(F)F)cnc1C. The third kappa shape index (κ3) is 6.29. The van der Waals surface area contributed by atoms with Crippen molar-refractivity contribution in [2.75, 3.05) is 0 Å².